The van der Waals surface area contributed by atoms with Gasteiger partial charge in [0.15, 0.2) is 5.43 Å². The average Bonchev–Trinajstić information content (AvgIpc) is 2.00. The van der Waals surface area contributed by atoms with Gasteiger partial charge in [0.1, 0.15) is 0 Å². The Bertz CT molecular complexity index is 336. The topological polar surface area (TPSA) is 32.9 Å². The second-order valence-corrected chi connectivity index (χ2v) is 3.49. The summed E-state index contributed by atoms with van der Waals surface area (Å²) in [6.45, 7) is 7.86. The molecule has 1 aromatic heterocycles. The third kappa shape index (κ3) is 1.42. The molecule has 1 N–H and O–H groups in total. The summed E-state index contributed by atoms with van der Waals surface area (Å²) >= 11 is 0. The molecule has 2 heteroatoms. The van der Waals surface area contributed by atoms with E-state index < -0.39 is 0 Å². The van der Waals surface area contributed by atoms with E-state index in [1.54, 1.807) is 6.20 Å². The first kappa shape index (κ1) is 9.04. The predicted molar refractivity (Wildman–Crippen MR) is 50.6 cm³/mol. The number of hydrogen-bond donors (Lipinski definition) is 1. The standard InChI is InChI=1S/C10H15NO/c1-6(2)9-8(4)10(12)7(3)5-11-9/h5-6H,1-4H3,(H,11,12). The Morgan fingerprint density at radius 2 is 1.92 bits per heavy atom. The Labute approximate surface area is 72.6 Å². The largest absolute Gasteiger partial charge is 0.364 e. The van der Waals surface area contributed by atoms with Crippen molar-refractivity contribution in [2.75, 3.05) is 0 Å². The molecule has 0 bridgehead atoms. The van der Waals surface area contributed by atoms with Crippen molar-refractivity contribution in [1.29, 1.82) is 0 Å². The van der Waals surface area contributed by atoms with Crippen LogP contribution in [0.15, 0.2) is 11.0 Å². The number of rotatable bonds is 1. The summed E-state index contributed by atoms with van der Waals surface area (Å²) in [5.74, 6) is 0.387. The van der Waals surface area contributed by atoms with Crippen molar-refractivity contribution in [3.05, 3.63) is 33.2 Å². The third-order valence-electron chi connectivity index (χ3n) is 2.12. The van der Waals surface area contributed by atoms with Crippen LogP contribution in [0.5, 0.6) is 0 Å². The van der Waals surface area contributed by atoms with Crippen molar-refractivity contribution in [2.24, 2.45) is 0 Å². The van der Waals surface area contributed by atoms with E-state index in [1.165, 1.54) is 0 Å². The SMILES string of the molecule is Cc1c[nH]c(C(C)C)c(C)c1=O. The van der Waals surface area contributed by atoms with Crippen LogP contribution in [0.2, 0.25) is 0 Å². The maximum Gasteiger partial charge on any atom is 0.187 e. The van der Waals surface area contributed by atoms with Crippen molar-refractivity contribution >= 4 is 0 Å². The minimum Gasteiger partial charge on any atom is -0.364 e. The first-order valence-electron chi connectivity index (χ1n) is 4.22. The molecule has 1 heterocycles. The van der Waals surface area contributed by atoms with Crippen LogP contribution in [0.1, 0.15) is 36.6 Å². The van der Waals surface area contributed by atoms with E-state index in [0.717, 1.165) is 16.8 Å². The second kappa shape index (κ2) is 3.13. The molecule has 0 aliphatic heterocycles. The van der Waals surface area contributed by atoms with E-state index in [2.05, 4.69) is 18.8 Å². The monoisotopic (exact) mass is 165 g/mol. The van der Waals surface area contributed by atoms with Gasteiger partial charge in [0.2, 0.25) is 0 Å². The van der Waals surface area contributed by atoms with Gasteiger partial charge in [0.05, 0.1) is 0 Å². The third-order valence-corrected chi connectivity index (χ3v) is 2.12. The highest BCUT2D eigenvalue weighted by molar-refractivity contribution is 5.25. The first-order chi connectivity index (χ1) is 5.54. The molecular weight excluding hydrogens is 150 g/mol. The van der Waals surface area contributed by atoms with Gasteiger partial charge in [0.25, 0.3) is 0 Å². The minimum absolute atomic E-state index is 0.164. The summed E-state index contributed by atoms with van der Waals surface area (Å²) < 4.78 is 0. The molecular formula is C10H15NO. The molecule has 12 heavy (non-hydrogen) atoms. The van der Waals surface area contributed by atoms with Crippen molar-refractivity contribution in [3.63, 3.8) is 0 Å². The Morgan fingerprint density at radius 1 is 1.33 bits per heavy atom. The molecule has 0 saturated carbocycles. The van der Waals surface area contributed by atoms with Gasteiger partial charge in [-0.25, -0.2) is 0 Å². The molecule has 0 saturated heterocycles. The fourth-order valence-corrected chi connectivity index (χ4v) is 1.38. The van der Waals surface area contributed by atoms with Crippen LogP contribution in [0.25, 0.3) is 0 Å². The summed E-state index contributed by atoms with van der Waals surface area (Å²) in [6, 6.07) is 0. The van der Waals surface area contributed by atoms with Crippen LogP contribution in [0.4, 0.5) is 0 Å². The number of nitrogens with one attached hydrogen (secondary N) is 1. The summed E-state index contributed by atoms with van der Waals surface area (Å²) in [5.41, 5.74) is 2.85. The fraction of sp³-hybridized carbons (Fsp3) is 0.500. The zero-order chi connectivity index (χ0) is 9.30. The van der Waals surface area contributed by atoms with Gasteiger partial charge in [-0.1, -0.05) is 13.8 Å². The molecule has 0 spiro atoms. The Balaban J connectivity index is 3.37. The summed E-state index contributed by atoms with van der Waals surface area (Å²) in [5, 5.41) is 0. The normalized spacial score (nSPS) is 10.8. The maximum atomic E-state index is 11.5. The second-order valence-electron chi connectivity index (χ2n) is 3.49. The minimum atomic E-state index is 0.164. The van der Waals surface area contributed by atoms with Crippen LogP contribution >= 0.6 is 0 Å². The lowest BCUT2D eigenvalue weighted by Gasteiger charge is -2.08. The van der Waals surface area contributed by atoms with E-state index in [1.807, 2.05) is 13.8 Å². The summed E-state index contributed by atoms with van der Waals surface area (Å²) in [7, 11) is 0. The van der Waals surface area contributed by atoms with Crippen molar-refractivity contribution in [1.82, 2.24) is 4.98 Å². The smallest absolute Gasteiger partial charge is 0.187 e. The molecule has 0 radical (unpaired) electrons. The van der Waals surface area contributed by atoms with Crippen LogP contribution in [-0.2, 0) is 0 Å². The van der Waals surface area contributed by atoms with E-state index in [9.17, 15) is 4.79 Å². The quantitative estimate of drug-likeness (QED) is 0.679. The van der Waals surface area contributed by atoms with Crippen LogP contribution in [0, 0.1) is 13.8 Å². The molecule has 2 nitrogen and oxygen atoms in total. The maximum absolute atomic E-state index is 11.5. The highest BCUT2D eigenvalue weighted by atomic mass is 16.1. The number of aromatic nitrogens is 1. The molecule has 1 aromatic rings. The highest BCUT2D eigenvalue weighted by Gasteiger charge is 2.07. The zero-order valence-corrected chi connectivity index (χ0v) is 8.06. The highest BCUT2D eigenvalue weighted by Crippen LogP contribution is 2.12. The molecule has 1 rings (SSSR count). The van der Waals surface area contributed by atoms with Crippen LogP contribution in [0.3, 0.4) is 0 Å². The lowest BCUT2D eigenvalue weighted by molar-refractivity contribution is 0.805. The lowest BCUT2D eigenvalue weighted by atomic mass is 10.0. The van der Waals surface area contributed by atoms with Gasteiger partial charge >= 0.3 is 0 Å². The van der Waals surface area contributed by atoms with Crippen molar-refractivity contribution in [2.45, 2.75) is 33.6 Å². The van der Waals surface area contributed by atoms with E-state index in [4.69, 9.17) is 0 Å². The molecule has 0 amide bonds. The number of aryl methyl sites for hydroxylation is 1. The van der Waals surface area contributed by atoms with Crippen LogP contribution in [-0.4, -0.2) is 4.98 Å². The molecule has 0 atom stereocenters. The number of hydrogen-bond acceptors (Lipinski definition) is 1. The molecule has 0 aliphatic rings. The zero-order valence-electron chi connectivity index (χ0n) is 8.06. The van der Waals surface area contributed by atoms with E-state index in [0.29, 0.717) is 5.92 Å². The number of H-pyrrole nitrogens is 1. The fourth-order valence-electron chi connectivity index (χ4n) is 1.38. The van der Waals surface area contributed by atoms with Gasteiger partial charge in [0, 0.05) is 23.0 Å². The van der Waals surface area contributed by atoms with Gasteiger partial charge < -0.3 is 4.98 Å². The molecule has 0 fully saturated rings. The van der Waals surface area contributed by atoms with Gasteiger partial charge in [-0.2, -0.15) is 0 Å². The molecule has 0 aliphatic carbocycles. The predicted octanol–water partition coefficient (Wildman–Crippen LogP) is 2.12. The summed E-state index contributed by atoms with van der Waals surface area (Å²) in [4.78, 5) is 14.6. The average molecular weight is 165 g/mol. The number of aromatic amines is 1. The van der Waals surface area contributed by atoms with Gasteiger partial charge in [-0.3, -0.25) is 4.79 Å². The molecule has 66 valence electrons. The first-order valence-corrected chi connectivity index (χ1v) is 4.22. The Morgan fingerprint density at radius 3 is 2.42 bits per heavy atom. The van der Waals surface area contributed by atoms with Crippen LogP contribution < -0.4 is 5.43 Å². The Kier molecular flexibility index (Phi) is 2.36. The number of pyridine rings is 1. The van der Waals surface area contributed by atoms with Gasteiger partial charge in [-0.15, -0.1) is 0 Å². The van der Waals surface area contributed by atoms with Crippen molar-refractivity contribution in [3.8, 4) is 0 Å². The Hall–Kier alpha value is -1.05. The van der Waals surface area contributed by atoms with E-state index in [-0.39, 0.29) is 5.43 Å². The molecule has 0 aromatic carbocycles. The van der Waals surface area contributed by atoms with Gasteiger partial charge in [-0.05, 0) is 19.8 Å². The van der Waals surface area contributed by atoms with E-state index >= 15 is 0 Å². The molecule has 0 unspecified atom stereocenters. The lowest BCUT2D eigenvalue weighted by Crippen LogP contribution is -2.13. The van der Waals surface area contributed by atoms with Crippen molar-refractivity contribution < 1.29 is 0 Å². The summed E-state index contributed by atoms with van der Waals surface area (Å²) in [6.07, 6.45) is 1.78.